The quantitative estimate of drug-likeness (QED) is 0.753. The van der Waals surface area contributed by atoms with Crippen molar-refractivity contribution in [3.05, 3.63) is 0 Å². The summed E-state index contributed by atoms with van der Waals surface area (Å²) < 4.78 is 26.5. The van der Waals surface area contributed by atoms with Gasteiger partial charge < -0.3 is 0 Å². The fourth-order valence-electron chi connectivity index (χ4n) is 0.590. The predicted octanol–water partition coefficient (Wildman–Crippen LogP) is 0.802. The number of halogens is 1. The molecular weight excluding hydrogens is 256 g/mol. The van der Waals surface area contributed by atoms with Crippen LogP contribution in [0.3, 0.4) is 0 Å². The normalized spacial score (nSPS) is 17.4. The van der Waals surface area contributed by atoms with Crippen molar-refractivity contribution in [3.8, 4) is 0 Å². The van der Waals surface area contributed by atoms with Gasteiger partial charge in [0.2, 0.25) is 0 Å². The fraction of sp³-hybridized carbons (Fsp3) is 1.00. The summed E-state index contributed by atoms with van der Waals surface area (Å²) in [4.78, 5) is 0. The number of rotatable bonds is 5. The molecule has 0 saturated carbocycles. The number of hydrogen-bond donors (Lipinski definition) is 1. The number of nitrogens with zero attached hydrogens (tertiary/aromatic N) is 1. The molecule has 0 heterocycles. The maximum Gasteiger partial charge on any atom is 0.279 e. The summed E-state index contributed by atoms with van der Waals surface area (Å²) in [6, 6.07) is -0.0632. The lowest BCUT2D eigenvalue weighted by molar-refractivity contribution is 0.452. The van der Waals surface area contributed by atoms with Gasteiger partial charge in [-0.25, -0.2) is 0 Å². The van der Waals surface area contributed by atoms with Gasteiger partial charge in [0, 0.05) is 25.5 Å². The number of alkyl halides is 1. The van der Waals surface area contributed by atoms with Crippen LogP contribution in [0.25, 0.3) is 0 Å². The van der Waals surface area contributed by atoms with E-state index in [4.69, 9.17) is 0 Å². The average molecular weight is 273 g/mol. The molecule has 0 aromatic heterocycles. The Morgan fingerprint density at radius 2 is 1.85 bits per heavy atom. The molecule has 6 heteroatoms. The van der Waals surface area contributed by atoms with Crippen LogP contribution in [0.15, 0.2) is 0 Å². The molecule has 2 atom stereocenters. The molecule has 0 aliphatic rings. The van der Waals surface area contributed by atoms with Crippen LogP contribution in [-0.2, 0) is 10.2 Å². The summed E-state index contributed by atoms with van der Waals surface area (Å²) in [6.45, 7) is 3.84. The van der Waals surface area contributed by atoms with E-state index in [0.29, 0.717) is 0 Å². The smallest absolute Gasteiger partial charge is 0.199 e. The monoisotopic (exact) mass is 272 g/mol. The first-order valence-electron chi connectivity index (χ1n) is 4.07. The molecule has 0 aliphatic heterocycles. The third-order valence-corrected chi connectivity index (χ3v) is 4.56. The Hall–Kier alpha value is 0.350. The van der Waals surface area contributed by atoms with Crippen molar-refractivity contribution in [2.45, 2.75) is 19.9 Å². The van der Waals surface area contributed by atoms with Gasteiger partial charge >= 0.3 is 0 Å². The van der Waals surface area contributed by atoms with Crippen LogP contribution in [0.4, 0.5) is 0 Å². The highest BCUT2D eigenvalue weighted by Crippen LogP contribution is 2.07. The van der Waals surface area contributed by atoms with E-state index in [1.165, 1.54) is 18.4 Å². The van der Waals surface area contributed by atoms with Crippen LogP contribution in [0, 0.1) is 5.92 Å². The third kappa shape index (κ3) is 4.39. The molecule has 0 aromatic rings. The summed E-state index contributed by atoms with van der Waals surface area (Å²) in [5.41, 5.74) is 0. The van der Waals surface area contributed by atoms with Gasteiger partial charge in [-0.3, -0.25) is 0 Å². The van der Waals surface area contributed by atoms with E-state index in [1.54, 1.807) is 0 Å². The van der Waals surface area contributed by atoms with Crippen molar-refractivity contribution in [1.29, 1.82) is 0 Å². The predicted molar refractivity (Wildman–Crippen MR) is 58.2 cm³/mol. The second kappa shape index (κ2) is 5.29. The summed E-state index contributed by atoms with van der Waals surface area (Å²) in [5.74, 6) is 0.273. The van der Waals surface area contributed by atoms with Crippen molar-refractivity contribution >= 4 is 26.1 Å². The molecular formula is C7H17BrN2O2S. The lowest BCUT2D eigenvalue weighted by Crippen LogP contribution is -2.43. The number of nitrogens with one attached hydrogen (secondary N) is 1. The van der Waals surface area contributed by atoms with Crippen molar-refractivity contribution in [2.24, 2.45) is 5.92 Å². The van der Waals surface area contributed by atoms with E-state index in [2.05, 4.69) is 20.7 Å². The first-order chi connectivity index (χ1) is 5.81. The molecule has 80 valence electrons. The molecule has 0 aromatic carbocycles. The second-order valence-electron chi connectivity index (χ2n) is 3.33. The van der Waals surface area contributed by atoms with Gasteiger partial charge in [-0.1, -0.05) is 22.9 Å². The van der Waals surface area contributed by atoms with Gasteiger partial charge in [-0.05, 0) is 12.8 Å². The summed E-state index contributed by atoms with van der Waals surface area (Å²) in [7, 11) is -0.274. The van der Waals surface area contributed by atoms with Crippen LogP contribution >= 0.6 is 15.9 Å². The average Bonchev–Trinajstić information content (AvgIpc) is 2.01. The maximum atomic E-state index is 11.4. The van der Waals surface area contributed by atoms with Crippen LogP contribution in [0.2, 0.25) is 0 Å². The van der Waals surface area contributed by atoms with Gasteiger partial charge in [0.15, 0.2) is 0 Å². The van der Waals surface area contributed by atoms with Gasteiger partial charge in [-0.15, -0.1) is 0 Å². The van der Waals surface area contributed by atoms with Crippen molar-refractivity contribution in [2.75, 3.05) is 19.4 Å². The van der Waals surface area contributed by atoms with E-state index in [-0.39, 0.29) is 12.0 Å². The topological polar surface area (TPSA) is 49.4 Å². The Labute approximate surface area is 89.0 Å². The molecule has 1 N–H and O–H groups in total. The molecule has 0 fully saturated rings. The third-order valence-electron chi connectivity index (χ3n) is 1.91. The molecule has 0 aliphatic carbocycles. The Bertz CT molecular complexity index is 241. The van der Waals surface area contributed by atoms with Crippen molar-refractivity contribution in [3.63, 3.8) is 0 Å². The summed E-state index contributed by atoms with van der Waals surface area (Å²) in [6.07, 6.45) is 0. The Kier molecular flexibility index (Phi) is 5.43. The van der Waals surface area contributed by atoms with Gasteiger partial charge in [0.1, 0.15) is 0 Å². The zero-order chi connectivity index (χ0) is 10.6. The molecule has 13 heavy (non-hydrogen) atoms. The largest absolute Gasteiger partial charge is 0.279 e. The molecule has 0 spiro atoms. The van der Waals surface area contributed by atoms with Crippen molar-refractivity contribution in [1.82, 2.24) is 9.03 Å². The molecule has 4 nitrogen and oxygen atoms in total. The zero-order valence-corrected chi connectivity index (χ0v) is 10.8. The summed E-state index contributed by atoms with van der Waals surface area (Å²) in [5, 5.41) is 0.782. The first kappa shape index (κ1) is 13.4. The van der Waals surface area contributed by atoms with Gasteiger partial charge in [0.05, 0.1) is 0 Å². The zero-order valence-electron chi connectivity index (χ0n) is 8.41. The SMILES string of the molecule is CC(CBr)C(C)NS(=O)(=O)N(C)C. The molecule has 0 rings (SSSR count). The Balaban J connectivity index is 4.29. The Morgan fingerprint density at radius 1 is 1.38 bits per heavy atom. The van der Waals surface area contributed by atoms with Crippen LogP contribution in [0.1, 0.15) is 13.8 Å². The highest BCUT2D eigenvalue weighted by atomic mass is 79.9. The first-order valence-corrected chi connectivity index (χ1v) is 6.63. The molecule has 2 unspecified atom stereocenters. The summed E-state index contributed by atoms with van der Waals surface area (Å²) >= 11 is 3.31. The van der Waals surface area contributed by atoms with E-state index in [1.807, 2.05) is 13.8 Å². The Morgan fingerprint density at radius 3 is 2.15 bits per heavy atom. The van der Waals surface area contributed by atoms with Crippen LogP contribution in [-0.4, -0.2) is 38.2 Å². The standard InChI is InChI=1S/C7H17BrN2O2S/c1-6(5-8)7(2)9-13(11,12)10(3)4/h6-7,9H,5H2,1-4H3. The minimum absolute atomic E-state index is 0.0632. The van der Waals surface area contributed by atoms with E-state index < -0.39 is 10.2 Å². The molecule has 0 saturated heterocycles. The molecule has 0 bridgehead atoms. The number of hydrogen-bond acceptors (Lipinski definition) is 2. The van der Waals surface area contributed by atoms with E-state index in [0.717, 1.165) is 5.33 Å². The lowest BCUT2D eigenvalue weighted by Gasteiger charge is -2.21. The highest BCUT2D eigenvalue weighted by Gasteiger charge is 2.19. The highest BCUT2D eigenvalue weighted by molar-refractivity contribution is 9.09. The van der Waals surface area contributed by atoms with Crippen LogP contribution < -0.4 is 4.72 Å². The van der Waals surface area contributed by atoms with Gasteiger partial charge in [0.25, 0.3) is 10.2 Å². The molecule has 0 amide bonds. The fourth-order valence-corrected chi connectivity index (χ4v) is 2.06. The second-order valence-corrected chi connectivity index (χ2v) is 5.89. The molecule has 0 radical (unpaired) electrons. The van der Waals surface area contributed by atoms with E-state index >= 15 is 0 Å². The van der Waals surface area contributed by atoms with E-state index in [9.17, 15) is 8.42 Å². The minimum atomic E-state index is -3.29. The maximum absolute atomic E-state index is 11.4. The minimum Gasteiger partial charge on any atom is -0.199 e. The van der Waals surface area contributed by atoms with Crippen LogP contribution in [0.5, 0.6) is 0 Å². The van der Waals surface area contributed by atoms with Crippen molar-refractivity contribution < 1.29 is 8.42 Å². The van der Waals surface area contributed by atoms with Gasteiger partial charge in [-0.2, -0.15) is 17.4 Å². The lowest BCUT2D eigenvalue weighted by atomic mass is 10.1.